The number of carbonyl (C=O) groups excluding carboxylic acids is 7. The van der Waals surface area contributed by atoms with Gasteiger partial charge in [0, 0.05) is 112 Å². The predicted octanol–water partition coefficient (Wildman–Crippen LogP) is 8.89. The van der Waals surface area contributed by atoms with Gasteiger partial charge in [0.25, 0.3) is 5.69 Å². The van der Waals surface area contributed by atoms with Crippen molar-refractivity contribution in [1.29, 1.82) is 0 Å². The number of fused-ring (bicyclic) bond motifs is 6. The predicted molar refractivity (Wildman–Crippen MR) is 271 cm³/mol. The third-order valence-corrected chi connectivity index (χ3v) is 15.6. The molecule has 24 heteroatoms. The van der Waals surface area contributed by atoms with E-state index in [1.807, 2.05) is 24.6 Å². The highest BCUT2D eigenvalue weighted by molar-refractivity contribution is 7.18. The number of non-ortho nitro benzene ring substituents is 1. The summed E-state index contributed by atoms with van der Waals surface area (Å²) in [6, 6.07) is 8.18. The van der Waals surface area contributed by atoms with E-state index in [1.165, 1.54) is 53.9 Å². The Kier molecular flexibility index (Phi) is 16.3. The summed E-state index contributed by atoms with van der Waals surface area (Å²) in [7, 11) is 0. The number of hydrogen-bond donors (Lipinski definition) is 0. The van der Waals surface area contributed by atoms with Crippen molar-refractivity contribution in [2.75, 3.05) is 41.3 Å². The van der Waals surface area contributed by atoms with Crippen molar-refractivity contribution in [1.82, 2.24) is 0 Å². The minimum atomic E-state index is -1.55. The molecule has 3 aliphatic rings. The number of anilines is 2. The van der Waals surface area contributed by atoms with Gasteiger partial charge >= 0.3 is 30.0 Å². The molecule has 0 bridgehead atoms. The Balaban J connectivity index is 1.04. The molecule has 8 rings (SSSR count). The van der Waals surface area contributed by atoms with Gasteiger partial charge in [-0.25, -0.2) is 4.79 Å². The van der Waals surface area contributed by atoms with Gasteiger partial charge in [0.1, 0.15) is 24.2 Å². The smallest absolute Gasteiger partial charge is 0.463 e. The van der Waals surface area contributed by atoms with E-state index in [9.17, 15) is 43.7 Å². The van der Waals surface area contributed by atoms with Crippen molar-refractivity contribution in [2.24, 2.45) is 0 Å². The van der Waals surface area contributed by atoms with Crippen LogP contribution in [0.4, 0.5) is 21.9 Å². The van der Waals surface area contributed by atoms with Crippen LogP contribution in [0.2, 0.25) is 0 Å². The zero-order valence-corrected chi connectivity index (χ0v) is 43.8. The topological polar surface area (TPSA) is 243 Å². The number of alkyl halides is 2. The molecule has 0 spiro atoms. The molecule has 5 heterocycles. The van der Waals surface area contributed by atoms with Gasteiger partial charge in [-0.2, -0.15) is 0 Å². The molecule has 392 valence electrons. The second kappa shape index (κ2) is 22.5. The molecule has 3 aromatic carbocycles. The van der Waals surface area contributed by atoms with E-state index in [-0.39, 0.29) is 90.7 Å². The number of aryl methyl sites for hydroxylation is 2. The van der Waals surface area contributed by atoms with E-state index < -0.39 is 72.3 Å². The summed E-state index contributed by atoms with van der Waals surface area (Å²) in [4.78, 5) is 105. The highest BCUT2D eigenvalue weighted by Crippen LogP contribution is 2.51. The van der Waals surface area contributed by atoms with E-state index in [0.29, 0.717) is 20.8 Å². The van der Waals surface area contributed by atoms with Crippen LogP contribution in [0.5, 0.6) is 17.2 Å². The fourth-order valence-electron chi connectivity index (χ4n) is 9.60. The summed E-state index contributed by atoms with van der Waals surface area (Å²) >= 11 is 15.8. The number of thiophene rings is 2. The van der Waals surface area contributed by atoms with Crippen molar-refractivity contribution >= 4 is 125 Å². The number of hydrogen-bond acceptors (Lipinski definition) is 19. The highest BCUT2D eigenvalue weighted by atomic mass is 35.5. The van der Waals surface area contributed by atoms with Crippen LogP contribution in [0.15, 0.2) is 47.2 Å². The number of amides is 2. The first kappa shape index (κ1) is 53.7. The summed E-state index contributed by atoms with van der Waals surface area (Å²) in [5.41, 5.74) is 4.16. The standard InChI is InChI=1S/C50H49Cl2N3O17S2/c1-23-21-73-47-35(70-49-46(68-28(6)59)45(67-27(5)58)44(66-26(4)57)37(71-49)20-65-25(3)56)14-33-42(40(23)47)29(16-51)18-53(33)38(60)8-7-9-39(61)54-19-30(17-52)43-34(54)15-36(48-41(43)24(2)22-74-48)72-50(62)69-32-12-10-31(11-13-32)55(63)64/h10-15,21-22,29-30,37,44-46,49H,7-9,16-20H2,1-6H3/t29-,30-,37-,44+,45+,46-,49-/m1/s1. The maximum absolute atomic E-state index is 14.4. The summed E-state index contributed by atoms with van der Waals surface area (Å²) in [5, 5.41) is 16.5. The van der Waals surface area contributed by atoms with E-state index in [1.54, 1.807) is 21.9 Å². The minimum absolute atomic E-state index is 0.0244. The Morgan fingerprint density at radius 2 is 1.20 bits per heavy atom. The third-order valence-electron chi connectivity index (χ3n) is 12.6. The molecule has 0 unspecified atom stereocenters. The van der Waals surface area contributed by atoms with Crippen LogP contribution in [0.25, 0.3) is 20.2 Å². The number of ether oxygens (including phenoxy) is 8. The maximum Gasteiger partial charge on any atom is 0.519 e. The van der Waals surface area contributed by atoms with Crippen molar-refractivity contribution in [3.05, 3.63) is 79.5 Å². The van der Waals surface area contributed by atoms with Crippen molar-refractivity contribution in [3.8, 4) is 17.2 Å². The summed E-state index contributed by atoms with van der Waals surface area (Å²) in [6.45, 7) is 8.31. The van der Waals surface area contributed by atoms with Crippen molar-refractivity contribution in [3.63, 3.8) is 0 Å². The Labute approximate surface area is 440 Å². The molecule has 0 N–H and O–H groups in total. The van der Waals surface area contributed by atoms with Crippen LogP contribution in [0, 0.1) is 24.0 Å². The molecule has 3 aliphatic heterocycles. The number of esters is 4. The fraction of sp³-hybridized carbons (Fsp3) is 0.420. The van der Waals surface area contributed by atoms with E-state index in [4.69, 9.17) is 61.1 Å². The lowest BCUT2D eigenvalue weighted by molar-refractivity contribution is -0.384. The monoisotopic (exact) mass is 1100 g/mol. The van der Waals surface area contributed by atoms with Gasteiger partial charge in [0.05, 0.1) is 25.7 Å². The van der Waals surface area contributed by atoms with Gasteiger partial charge in [-0.3, -0.25) is 38.9 Å². The molecule has 1 saturated heterocycles. The molecular formula is C50H49Cl2N3O17S2. The lowest BCUT2D eigenvalue weighted by atomic mass is 9.96. The molecule has 7 atom stereocenters. The van der Waals surface area contributed by atoms with Crippen LogP contribution in [-0.4, -0.2) is 109 Å². The molecule has 0 aliphatic carbocycles. The normalized spacial score (nSPS) is 20.9. The van der Waals surface area contributed by atoms with E-state index in [0.717, 1.165) is 53.8 Å². The molecule has 0 saturated carbocycles. The Morgan fingerprint density at radius 1 is 0.703 bits per heavy atom. The van der Waals surface area contributed by atoms with Gasteiger partial charge in [-0.05, 0) is 65.4 Å². The lowest BCUT2D eigenvalue weighted by Gasteiger charge is -2.44. The minimum Gasteiger partial charge on any atom is -0.463 e. The molecule has 5 aromatic rings. The number of nitro benzene ring substituents is 1. The second-order valence-corrected chi connectivity index (χ2v) is 20.2. The van der Waals surface area contributed by atoms with Crippen LogP contribution < -0.4 is 24.0 Å². The van der Waals surface area contributed by atoms with E-state index >= 15 is 0 Å². The highest BCUT2D eigenvalue weighted by Gasteiger charge is 2.54. The van der Waals surface area contributed by atoms with Crippen molar-refractivity contribution in [2.45, 2.75) is 103 Å². The third kappa shape index (κ3) is 11.1. The zero-order valence-electron chi connectivity index (χ0n) is 40.7. The van der Waals surface area contributed by atoms with Gasteiger partial charge in [0.15, 0.2) is 18.0 Å². The van der Waals surface area contributed by atoms with E-state index in [2.05, 4.69) is 0 Å². The fourth-order valence-corrected chi connectivity index (χ4v) is 12.2. The average Bonchev–Trinajstić information content (AvgIpc) is 4.12. The molecular weight excluding hydrogens is 1050 g/mol. The zero-order chi connectivity index (χ0) is 53.3. The molecule has 1 fully saturated rings. The maximum atomic E-state index is 14.4. The summed E-state index contributed by atoms with van der Waals surface area (Å²) < 4.78 is 47.2. The number of rotatable bonds is 16. The second-order valence-electron chi connectivity index (χ2n) is 17.8. The van der Waals surface area contributed by atoms with Crippen LogP contribution in [-0.2, 0) is 52.5 Å². The van der Waals surface area contributed by atoms with Crippen LogP contribution >= 0.6 is 45.9 Å². The molecule has 2 aromatic heterocycles. The van der Waals surface area contributed by atoms with Gasteiger partial charge in [-0.1, -0.05) is 0 Å². The number of nitrogens with zero attached hydrogens (tertiary/aromatic N) is 3. The lowest BCUT2D eigenvalue weighted by Crippen LogP contribution is -2.63. The molecule has 2 amide bonds. The first-order valence-electron chi connectivity index (χ1n) is 23.2. The SMILES string of the molecule is CC(=O)OC[C@H]1O[C@@H](Oc2cc3c(c4c(C)csc24)[C@H](CCl)CN3C(=O)CCCC(=O)N2C[C@@H](CCl)c3c2cc(OC(=O)Oc2ccc([N+](=O)[O-])cc2)c2scc(C)c32)[C@H](OC(C)=O)[C@@H](OC(C)=O)[C@H]1OC(C)=O. The van der Waals surface area contributed by atoms with Crippen molar-refractivity contribution < 1.29 is 76.4 Å². The Hall–Kier alpha value is -6.59. The number of benzene rings is 3. The van der Waals surface area contributed by atoms with Gasteiger partial charge in [-0.15, -0.1) is 45.9 Å². The van der Waals surface area contributed by atoms with Crippen LogP contribution in [0.3, 0.4) is 0 Å². The van der Waals surface area contributed by atoms with Gasteiger partial charge < -0.3 is 47.7 Å². The molecule has 20 nitrogen and oxygen atoms in total. The number of nitro groups is 1. The largest absolute Gasteiger partial charge is 0.519 e. The number of halogens is 2. The Morgan fingerprint density at radius 3 is 1.70 bits per heavy atom. The molecule has 74 heavy (non-hydrogen) atoms. The summed E-state index contributed by atoms with van der Waals surface area (Å²) in [5.74, 6) is -3.55. The first-order valence-corrected chi connectivity index (χ1v) is 26.0. The average molecular weight is 1100 g/mol. The van der Waals surface area contributed by atoms with Gasteiger partial charge in [0.2, 0.25) is 24.2 Å². The number of carbonyl (C=O) groups is 7. The molecule has 0 radical (unpaired) electrons. The quantitative estimate of drug-likeness (QED) is 0.0224. The Bertz CT molecular complexity index is 3070. The summed E-state index contributed by atoms with van der Waals surface area (Å²) in [6.07, 6.45) is -8.27. The van der Waals surface area contributed by atoms with Crippen LogP contribution in [0.1, 0.15) is 81.0 Å². The first-order chi connectivity index (χ1) is 35.3.